The van der Waals surface area contributed by atoms with Gasteiger partial charge in [0.25, 0.3) is 0 Å². The first-order valence-corrected chi connectivity index (χ1v) is 6.27. The number of phenolic OH excluding ortho intramolecular Hbond substituents is 1. The second kappa shape index (κ2) is 5.02. The number of nitrogens with one attached hydrogen (secondary N) is 2. The molecule has 4 heteroatoms. The standard InChI is InChI=1S/C15H15N3O/c19-12-4-5-14-13(9-12)11(10-18-14)6-8-17-15-3-1-2-7-16-15/h1-5,7,9-10,18-19H,6,8H2,(H,16,17). The molecule has 0 bridgehead atoms. The molecular weight excluding hydrogens is 238 g/mol. The molecule has 2 heterocycles. The van der Waals surface area contributed by atoms with Gasteiger partial charge in [-0.05, 0) is 42.3 Å². The Balaban J connectivity index is 1.70. The monoisotopic (exact) mass is 253 g/mol. The summed E-state index contributed by atoms with van der Waals surface area (Å²) in [5.74, 6) is 1.18. The first kappa shape index (κ1) is 11.6. The average molecular weight is 253 g/mol. The quantitative estimate of drug-likeness (QED) is 0.670. The maximum Gasteiger partial charge on any atom is 0.125 e. The molecule has 0 aliphatic heterocycles. The number of hydrogen-bond acceptors (Lipinski definition) is 3. The molecule has 2 aromatic heterocycles. The molecule has 0 saturated heterocycles. The predicted molar refractivity (Wildman–Crippen MR) is 76.4 cm³/mol. The van der Waals surface area contributed by atoms with Gasteiger partial charge in [-0.3, -0.25) is 0 Å². The van der Waals surface area contributed by atoms with Gasteiger partial charge in [0.1, 0.15) is 11.6 Å². The second-order valence-corrected chi connectivity index (χ2v) is 4.44. The lowest BCUT2D eigenvalue weighted by Crippen LogP contribution is -2.05. The zero-order valence-electron chi connectivity index (χ0n) is 10.4. The van der Waals surface area contributed by atoms with Gasteiger partial charge in [0.2, 0.25) is 0 Å². The lowest BCUT2D eigenvalue weighted by molar-refractivity contribution is 0.476. The van der Waals surface area contributed by atoms with Crippen LogP contribution in [-0.4, -0.2) is 21.6 Å². The van der Waals surface area contributed by atoms with Gasteiger partial charge in [-0.1, -0.05) is 6.07 Å². The van der Waals surface area contributed by atoms with E-state index in [1.807, 2.05) is 30.5 Å². The molecular formula is C15H15N3O. The highest BCUT2D eigenvalue weighted by Crippen LogP contribution is 2.23. The maximum absolute atomic E-state index is 9.54. The molecule has 3 N–H and O–H groups in total. The second-order valence-electron chi connectivity index (χ2n) is 4.44. The first-order chi connectivity index (χ1) is 9.33. The number of hydrogen-bond donors (Lipinski definition) is 3. The van der Waals surface area contributed by atoms with Crippen LogP contribution >= 0.6 is 0 Å². The van der Waals surface area contributed by atoms with Crippen molar-refractivity contribution in [3.63, 3.8) is 0 Å². The van der Waals surface area contributed by atoms with Crippen LogP contribution in [0.4, 0.5) is 5.82 Å². The number of aromatic hydroxyl groups is 1. The molecule has 0 fully saturated rings. The van der Waals surface area contributed by atoms with Crippen molar-refractivity contribution in [2.24, 2.45) is 0 Å². The van der Waals surface area contributed by atoms with Crippen LogP contribution in [0.2, 0.25) is 0 Å². The highest BCUT2D eigenvalue weighted by atomic mass is 16.3. The van der Waals surface area contributed by atoms with Crippen molar-refractivity contribution in [1.29, 1.82) is 0 Å². The van der Waals surface area contributed by atoms with Gasteiger partial charge in [-0.25, -0.2) is 4.98 Å². The number of pyridine rings is 1. The van der Waals surface area contributed by atoms with E-state index in [1.54, 1.807) is 18.3 Å². The zero-order valence-corrected chi connectivity index (χ0v) is 10.4. The van der Waals surface area contributed by atoms with Crippen LogP contribution in [0.5, 0.6) is 5.75 Å². The van der Waals surface area contributed by atoms with Crippen molar-refractivity contribution in [3.8, 4) is 5.75 Å². The number of aromatic nitrogens is 2. The molecule has 0 atom stereocenters. The summed E-state index contributed by atoms with van der Waals surface area (Å²) in [4.78, 5) is 7.42. The summed E-state index contributed by atoms with van der Waals surface area (Å²) in [5.41, 5.74) is 2.24. The number of aromatic amines is 1. The molecule has 0 aliphatic carbocycles. The van der Waals surface area contributed by atoms with Gasteiger partial charge in [-0.15, -0.1) is 0 Å². The van der Waals surface area contributed by atoms with Crippen molar-refractivity contribution < 1.29 is 5.11 Å². The number of nitrogens with zero attached hydrogens (tertiary/aromatic N) is 1. The van der Waals surface area contributed by atoms with Gasteiger partial charge in [0.15, 0.2) is 0 Å². The third-order valence-electron chi connectivity index (χ3n) is 3.12. The fraction of sp³-hybridized carbons (Fsp3) is 0.133. The first-order valence-electron chi connectivity index (χ1n) is 6.27. The number of fused-ring (bicyclic) bond motifs is 1. The van der Waals surface area contributed by atoms with E-state index in [4.69, 9.17) is 0 Å². The van der Waals surface area contributed by atoms with Crippen LogP contribution in [0.3, 0.4) is 0 Å². The molecule has 0 radical (unpaired) electrons. The Labute approximate surface area is 111 Å². The normalized spacial score (nSPS) is 10.7. The summed E-state index contributed by atoms with van der Waals surface area (Å²) in [6, 6.07) is 11.2. The zero-order chi connectivity index (χ0) is 13.1. The molecule has 3 rings (SSSR count). The highest BCUT2D eigenvalue weighted by Gasteiger charge is 2.04. The van der Waals surface area contributed by atoms with E-state index >= 15 is 0 Å². The summed E-state index contributed by atoms with van der Waals surface area (Å²) >= 11 is 0. The Bertz CT molecular complexity index is 676. The van der Waals surface area contributed by atoms with E-state index in [1.165, 1.54) is 5.56 Å². The van der Waals surface area contributed by atoms with E-state index in [2.05, 4.69) is 15.3 Å². The van der Waals surface area contributed by atoms with Crippen LogP contribution < -0.4 is 5.32 Å². The minimum absolute atomic E-state index is 0.297. The minimum atomic E-state index is 0.297. The van der Waals surface area contributed by atoms with Crippen LogP contribution in [0.15, 0.2) is 48.8 Å². The molecule has 19 heavy (non-hydrogen) atoms. The molecule has 3 aromatic rings. The topological polar surface area (TPSA) is 60.9 Å². The Morgan fingerprint density at radius 3 is 3.00 bits per heavy atom. The van der Waals surface area contributed by atoms with Crippen LogP contribution in [0.25, 0.3) is 10.9 Å². The number of rotatable bonds is 4. The molecule has 96 valence electrons. The van der Waals surface area contributed by atoms with Crippen LogP contribution in [0.1, 0.15) is 5.56 Å². The van der Waals surface area contributed by atoms with Gasteiger partial charge in [0, 0.05) is 29.8 Å². The van der Waals surface area contributed by atoms with E-state index < -0.39 is 0 Å². The summed E-state index contributed by atoms with van der Waals surface area (Å²) < 4.78 is 0. The third kappa shape index (κ3) is 2.52. The Kier molecular flexibility index (Phi) is 3.06. The third-order valence-corrected chi connectivity index (χ3v) is 3.12. The van der Waals surface area contributed by atoms with Crippen molar-refractivity contribution in [2.75, 3.05) is 11.9 Å². The predicted octanol–water partition coefficient (Wildman–Crippen LogP) is 2.92. The van der Waals surface area contributed by atoms with E-state index in [0.29, 0.717) is 5.75 Å². The fourth-order valence-electron chi connectivity index (χ4n) is 2.17. The molecule has 0 spiro atoms. The summed E-state index contributed by atoms with van der Waals surface area (Å²) in [6.45, 7) is 0.805. The highest BCUT2D eigenvalue weighted by molar-refractivity contribution is 5.84. The Morgan fingerprint density at radius 2 is 2.16 bits per heavy atom. The molecule has 1 aromatic carbocycles. The summed E-state index contributed by atoms with van der Waals surface area (Å²) in [6.07, 6.45) is 4.64. The van der Waals surface area contributed by atoms with Crippen molar-refractivity contribution in [1.82, 2.24) is 9.97 Å². The lowest BCUT2D eigenvalue weighted by Gasteiger charge is -2.04. The molecule has 0 amide bonds. The Hall–Kier alpha value is -2.49. The number of anilines is 1. The lowest BCUT2D eigenvalue weighted by atomic mass is 10.1. The summed E-state index contributed by atoms with van der Waals surface area (Å²) in [5, 5.41) is 13.9. The largest absolute Gasteiger partial charge is 0.508 e. The fourth-order valence-corrected chi connectivity index (χ4v) is 2.17. The van der Waals surface area contributed by atoms with Crippen LogP contribution in [0, 0.1) is 0 Å². The smallest absolute Gasteiger partial charge is 0.125 e. The van der Waals surface area contributed by atoms with Gasteiger partial charge < -0.3 is 15.4 Å². The number of phenols is 1. The SMILES string of the molecule is Oc1ccc2[nH]cc(CCNc3ccccn3)c2c1. The summed E-state index contributed by atoms with van der Waals surface area (Å²) in [7, 11) is 0. The van der Waals surface area contributed by atoms with Crippen molar-refractivity contribution in [2.45, 2.75) is 6.42 Å². The van der Waals surface area contributed by atoms with E-state index in [0.717, 1.165) is 29.7 Å². The minimum Gasteiger partial charge on any atom is -0.508 e. The molecule has 4 nitrogen and oxygen atoms in total. The van der Waals surface area contributed by atoms with E-state index in [-0.39, 0.29) is 0 Å². The van der Waals surface area contributed by atoms with Gasteiger partial charge in [-0.2, -0.15) is 0 Å². The van der Waals surface area contributed by atoms with Crippen LogP contribution in [-0.2, 0) is 6.42 Å². The number of benzene rings is 1. The van der Waals surface area contributed by atoms with Gasteiger partial charge >= 0.3 is 0 Å². The van der Waals surface area contributed by atoms with Crippen molar-refractivity contribution in [3.05, 3.63) is 54.4 Å². The van der Waals surface area contributed by atoms with E-state index in [9.17, 15) is 5.11 Å². The molecule has 0 aliphatic rings. The molecule has 0 unspecified atom stereocenters. The van der Waals surface area contributed by atoms with Crippen molar-refractivity contribution >= 4 is 16.7 Å². The maximum atomic E-state index is 9.54. The Morgan fingerprint density at radius 1 is 1.21 bits per heavy atom. The number of H-pyrrole nitrogens is 1. The van der Waals surface area contributed by atoms with Gasteiger partial charge in [0.05, 0.1) is 0 Å². The average Bonchev–Trinajstić information content (AvgIpc) is 2.83. The molecule has 0 saturated carbocycles.